The van der Waals surface area contributed by atoms with Crippen molar-refractivity contribution in [3.63, 3.8) is 0 Å². The van der Waals surface area contributed by atoms with Crippen LogP contribution in [0.3, 0.4) is 0 Å². The largest absolute Gasteiger partial charge is 0.398 e. The molecule has 0 aromatic heterocycles. The zero-order chi connectivity index (χ0) is 13.3. The number of carbonyl (C=O) groups is 1. The summed E-state index contributed by atoms with van der Waals surface area (Å²) in [6.45, 7) is 0.736. The Bertz CT molecular complexity index is 294. The fraction of sp³-hybridized carbons (Fsp3) is 0.900. The van der Waals surface area contributed by atoms with E-state index in [0.717, 1.165) is 4.90 Å². The van der Waals surface area contributed by atoms with Gasteiger partial charge in [0.2, 0.25) is 5.91 Å². The molecule has 2 atom stereocenters. The molecule has 0 aromatic carbocycles. The number of carbonyl (C=O) groups excluding carboxylic acids is 1. The van der Waals surface area contributed by atoms with Crippen LogP contribution in [0.5, 0.6) is 0 Å². The minimum Gasteiger partial charge on any atom is -0.384 e. The lowest BCUT2D eigenvalue weighted by Crippen LogP contribution is -2.47. The molecule has 0 radical (unpaired) electrons. The summed E-state index contributed by atoms with van der Waals surface area (Å²) < 4.78 is 43.6. The summed E-state index contributed by atoms with van der Waals surface area (Å²) in [5.74, 6) is -0.452. The highest BCUT2D eigenvalue weighted by Gasteiger charge is 2.58. The van der Waals surface area contributed by atoms with Crippen molar-refractivity contribution in [3.8, 4) is 0 Å². The Labute approximate surface area is 97.9 Å². The van der Waals surface area contributed by atoms with Crippen molar-refractivity contribution in [2.45, 2.75) is 25.6 Å². The van der Waals surface area contributed by atoms with E-state index in [1.54, 1.807) is 0 Å². The van der Waals surface area contributed by atoms with Gasteiger partial charge < -0.3 is 15.4 Å². The molecule has 0 spiro atoms. The number of nitrogens with two attached hydrogens (primary N) is 1. The standard InChI is InChI=1S/C10H17F3N2O2/c1-7(14)8(16)15-4-3-9(5-15,6-17-2)10(11,12)13/h7H,3-6,14H2,1-2H3. The fourth-order valence-electron chi connectivity index (χ4n) is 2.06. The fourth-order valence-corrected chi connectivity index (χ4v) is 2.06. The van der Waals surface area contributed by atoms with Crippen molar-refractivity contribution in [2.75, 3.05) is 26.8 Å². The number of nitrogens with zero attached hydrogens (tertiary/aromatic N) is 1. The van der Waals surface area contributed by atoms with Crippen molar-refractivity contribution in [1.29, 1.82) is 0 Å². The number of likely N-dealkylation sites (tertiary alicyclic amines) is 1. The SMILES string of the molecule is COCC1(C(F)(F)F)CCN(C(=O)C(C)N)C1. The summed E-state index contributed by atoms with van der Waals surface area (Å²) in [5.41, 5.74) is 3.43. The van der Waals surface area contributed by atoms with E-state index in [9.17, 15) is 18.0 Å². The van der Waals surface area contributed by atoms with Gasteiger partial charge in [0.25, 0.3) is 0 Å². The molecule has 0 aromatic rings. The molecule has 0 aliphatic carbocycles. The number of methoxy groups -OCH3 is 1. The van der Waals surface area contributed by atoms with Gasteiger partial charge in [0.1, 0.15) is 5.41 Å². The van der Waals surface area contributed by atoms with Gasteiger partial charge in [-0.2, -0.15) is 13.2 Å². The lowest BCUT2D eigenvalue weighted by atomic mass is 9.87. The summed E-state index contributed by atoms with van der Waals surface area (Å²) in [6.07, 6.45) is -4.52. The van der Waals surface area contributed by atoms with Crippen molar-refractivity contribution in [1.82, 2.24) is 4.90 Å². The van der Waals surface area contributed by atoms with E-state index in [-0.39, 0.29) is 19.5 Å². The van der Waals surface area contributed by atoms with Crippen molar-refractivity contribution in [3.05, 3.63) is 0 Å². The molecule has 1 saturated heterocycles. The van der Waals surface area contributed by atoms with Crippen LogP contribution >= 0.6 is 0 Å². The van der Waals surface area contributed by atoms with E-state index < -0.39 is 30.1 Å². The van der Waals surface area contributed by atoms with Gasteiger partial charge >= 0.3 is 6.18 Å². The maximum atomic E-state index is 13.0. The van der Waals surface area contributed by atoms with E-state index in [4.69, 9.17) is 5.73 Å². The zero-order valence-electron chi connectivity index (χ0n) is 9.88. The normalized spacial score (nSPS) is 27.3. The monoisotopic (exact) mass is 254 g/mol. The van der Waals surface area contributed by atoms with Gasteiger partial charge in [-0.05, 0) is 13.3 Å². The summed E-state index contributed by atoms with van der Waals surface area (Å²) in [6, 6.07) is -0.776. The number of hydrogen-bond acceptors (Lipinski definition) is 3. The van der Waals surface area contributed by atoms with Crippen LogP contribution < -0.4 is 5.73 Å². The molecule has 1 aliphatic rings. The molecule has 7 heteroatoms. The molecule has 0 bridgehead atoms. The van der Waals surface area contributed by atoms with Gasteiger partial charge in [0.15, 0.2) is 0 Å². The number of alkyl halides is 3. The second-order valence-electron chi connectivity index (χ2n) is 4.51. The summed E-state index contributed by atoms with van der Waals surface area (Å²) in [4.78, 5) is 12.7. The van der Waals surface area contributed by atoms with Crippen molar-refractivity contribution < 1.29 is 22.7 Å². The number of ether oxygens (including phenoxy) is 1. The Morgan fingerprint density at radius 3 is 2.59 bits per heavy atom. The van der Waals surface area contributed by atoms with E-state index in [1.807, 2.05) is 0 Å². The van der Waals surface area contributed by atoms with Crippen LogP contribution in [0.4, 0.5) is 13.2 Å². The van der Waals surface area contributed by atoms with Crippen LogP contribution in [0, 0.1) is 5.41 Å². The van der Waals surface area contributed by atoms with Crippen LogP contribution in [0.1, 0.15) is 13.3 Å². The van der Waals surface area contributed by atoms with Crippen molar-refractivity contribution in [2.24, 2.45) is 11.1 Å². The Morgan fingerprint density at radius 1 is 1.59 bits per heavy atom. The number of amides is 1. The predicted molar refractivity (Wildman–Crippen MR) is 55.2 cm³/mol. The van der Waals surface area contributed by atoms with Gasteiger partial charge in [-0.15, -0.1) is 0 Å². The summed E-state index contributed by atoms with van der Waals surface area (Å²) >= 11 is 0. The molecule has 1 rings (SSSR count). The van der Waals surface area contributed by atoms with Crippen molar-refractivity contribution >= 4 is 5.91 Å². The molecule has 1 amide bonds. The minimum absolute atomic E-state index is 0.0727. The van der Waals surface area contributed by atoms with Crippen LogP contribution in [0.15, 0.2) is 0 Å². The van der Waals surface area contributed by atoms with Gasteiger partial charge in [-0.3, -0.25) is 4.79 Å². The summed E-state index contributed by atoms with van der Waals surface area (Å²) in [5, 5.41) is 0. The second kappa shape index (κ2) is 4.81. The van der Waals surface area contributed by atoms with Crippen LogP contribution in [0.25, 0.3) is 0 Å². The highest BCUT2D eigenvalue weighted by molar-refractivity contribution is 5.81. The number of hydrogen-bond donors (Lipinski definition) is 1. The highest BCUT2D eigenvalue weighted by Crippen LogP contribution is 2.45. The quantitative estimate of drug-likeness (QED) is 0.809. The Balaban J connectivity index is 2.83. The smallest absolute Gasteiger partial charge is 0.384 e. The van der Waals surface area contributed by atoms with E-state index in [1.165, 1.54) is 14.0 Å². The third kappa shape index (κ3) is 2.71. The maximum absolute atomic E-state index is 13.0. The lowest BCUT2D eigenvalue weighted by Gasteiger charge is -2.31. The molecular formula is C10H17F3N2O2. The Kier molecular flexibility index (Phi) is 4.03. The average molecular weight is 254 g/mol. The average Bonchev–Trinajstić information content (AvgIpc) is 2.62. The first-order valence-electron chi connectivity index (χ1n) is 5.33. The Hall–Kier alpha value is -0.820. The molecule has 17 heavy (non-hydrogen) atoms. The molecule has 4 nitrogen and oxygen atoms in total. The predicted octanol–water partition coefficient (Wildman–Crippen LogP) is 0.761. The first-order chi connectivity index (χ1) is 7.73. The molecule has 0 saturated carbocycles. The molecular weight excluding hydrogens is 237 g/mol. The maximum Gasteiger partial charge on any atom is 0.398 e. The summed E-state index contributed by atoms with van der Waals surface area (Å²) in [7, 11) is 1.23. The van der Waals surface area contributed by atoms with Gasteiger partial charge in [0, 0.05) is 20.2 Å². The number of halogens is 3. The van der Waals surface area contributed by atoms with E-state index in [2.05, 4.69) is 4.74 Å². The molecule has 2 unspecified atom stereocenters. The van der Waals surface area contributed by atoms with Crippen LogP contribution in [0.2, 0.25) is 0 Å². The van der Waals surface area contributed by atoms with Gasteiger partial charge in [-0.25, -0.2) is 0 Å². The van der Waals surface area contributed by atoms with E-state index >= 15 is 0 Å². The first-order valence-corrected chi connectivity index (χ1v) is 5.33. The van der Waals surface area contributed by atoms with Crippen LogP contribution in [-0.4, -0.2) is 49.8 Å². The molecule has 2 N–H and O–H groups in total. The molecule has 100 valence electrons. The Morgan fingerprint density at radius 2 is 2.18 bits per heavy atom. The third-order valence-corrected chi connectivity index (χ3v) is 3.08. The molecule has 1 aliphatic heterocycles. The second-order valence-corrected chi connectivity index (χ2v) is 4.51. The number of rotatable bonds is 3. The first kappa shape index (κ1) is 14.2. The van der Waals surface area contributed by atoms with Crippen LogP contribution in [-0.2, 0) is 9.53 Å². The zero-order valence-corrected chi connectivity index (χ0v) is 9.88. The van der Waals surface area contributed by atoms with Gasteiger partial charge in [-0.1, -0.05) is 0 Å². The minimum atomic E-state index is -4.38. The topological polar surface area (TPSA) is 55.6 Å². The van der Waals surface area contributed by atoms with Gasteiger partial charge in [0.05, 0.1) is 12.6 Å². The molecule has 1 fully saturated rings. The molecule has 1 heterocycles. The third-order valence-electron chi connectivity index (χ3n) is 3.08. The highest BCUT2D eigenvalue weighted by atomic mass is 19.4. The lowest BCUT2D eigenvalue weighted by molar-refractivity contribution is -0.232. The van der Waals surface area contributed by atoms with E-state index in [0.29, 0.717) is 0 Å².